The maximum Gasteiger partial charge on any atom is 0.342 e. The molecule has 4 amide bonds. The van der Waals surface area contributed by atoms with Gasteiger partial charge in [0.05, 0.1) is 37.1 Å². The molecule has 63 heavy (non-hydrogen) atoms. The zero-order chi connectivity index (χ0) is 44.0. The van der Waals surface area contributed by atoms with E-state index in [0.717, 1.165) is 89.0 Å². The van der Waals surface area contributed by atoms with Crippen molar-refractivity contribution in [1.82, 2.24) is 25.5 Å². The molecule has 336 valence electrons. The Bertz CT molecular complexity index is 2250. The number of carbonyl (C=O) groups is 4. The number of benzene rings is 2. The summed E-state index contributed by atoms with van der Waals surface area (Å²) in [6.45, 7) is 3.70. The zero-order valence-electron chi connectivity index (χ0n) is 35.9. The standard InChI is InChI=1S/C46H56F3N9O5/c1-55-37-25-50-44(54-40(37)58(32-5-3-4-6-32)27-46(48,49)43(55)62)52-35-10-7-30(22-38(35)63-2)41(60)51-31-13-17-56(18-14-31)26-28-23-45(24-28)15-19-57(20-16-45)36-11-8-29(21-34(36)47)33-9-12-39(59)53-42(33)61/h7-8,10-11,21-22,25,28,31-33H,3-6,9,12-20,23-24,26-27H2,1-2H3,(H,51,60)(H,50,52,54)(H,53,59,61). The topological polar surface area (TPSA) is 152 Å². The fourth-order valence-corrected chi connectivity index (χ4v) is 11.0. The molecular formula is C46H56F3N9O5. The highest BCUT2D eigenvalue weighted by atomic mass is 19.3. The highest BCUT2D eigenvalue weighted by Gasteiger charge is 2.49. The molecule has 14 nitrogen and oxygen atoms in total. The number of halogens is 3. The first-order chi connectivity index (χ1) is 30.3. The first-order valence-corrected chi connectivity index (χ1v) is 22.4. The van der Waals surface area contributed by atoms with Gasteiger partial charge in [0.15, 0.2) is 5.82 Å². The van der Waals surface area contributed by atoms with Gasteiger partial charge < -0.3 is 35.0 Å². The lowest BCUT2D eigenvalue weighted by molar-refractivity contribution is -0.140. The number of aromatic nitrogens is 2. The molecule has 3 saturated heterocycles. The van der Waals surface area contributed by atoms with Crippen LogP contribution in [0, 0.1) is 17.2 Å². The number of rotatable bonds is 10. The van der Waals surface area contributed by atoms with E-state index in [1.807, 2.05) is 6.07 Å². The lowest BCUT2D eigenvalue weighted by Gasteiger charge is -2.54. The quantitative estimate of drug-likeness (QED) is 0.202. The SMILES string of the molecule is COc1cc(C(=O)NC2CCN(CC3CC4(CCN(c5ccc(C6CCC(=O)NC6=O)cc5F)CC4)C3)CC2)ccc1Nc1ncc2c(n1)N(C1CCCC1)CC(F)(F)C(=O)N2C. The molecule has 1 spiro atoms. The van der Waals surface area contributed by atoms with E-state index >= 15 is 13.2 Å². The van der Waals surface area contributed by atoms with Gasteiger partial charge in [-0.05, 0) is 105 Å². The summed E-state index contributed by atoms with van der Waals surface area (Å²) in [5, 5.41) is 8.70. The van der Waals surface area contributed by atoms with Crippen LogP contribution in [0.15, 0.2) is 42.6 Å². The Morgan fingerprint density at radius 3 is 2.40 bits per heavy atom. The van der Waals surface area contributed by atoms with Gasteiger partial charge in [-0.1, -0.05) is 18.9 Å². The van der Waals surface area contributed by atoms with E-state index < -0.39 is 24.3 Å². The van der Waals surface area contributed by atoms with Crippen LogP contribution >= 0.6 is 0 Å². The highest BCUT2D eigenvalue weighted by molar-refractivity contribution is 6.02. The van der Waals surface area contributed by atoms with Crippen LogP contribution in [0.3, 0.4) is 0 Å². The zero-order valence-corrected chi connectivity index (χ0v) is 35.9. The Balaban J connectivity index is 0.738. The molecule has 2 aliphatic carbocycles. The number of hydrogen-bond acceptors (Lipinski definition) is 11. The molecule has 0 bridgehead atoms. The van der Waals surface area contributed by atoms with Crippen molar-refractivity contribution in [2.45, 2.75) is 101 Å². The summed E-state index contributed by atoms with van der Waals surface area (Å²) < 4.78 is 51.1. The number of piperidine rings is 3. The Morgan fingerprint density at radius 1 is 0.952 bits per heavy atom. The average Bonchev–Trinajstić information content (AvgIpc) is 3.79. The molecule has 3 N–H and O–H groups in total. The summed E-state index contributed by atoms with van der Waals surface area (Å²) in [5.74, 6) is -5.08. The van der Waals surface area contributed by atoms with Crippen LogP contribution in [0.4, 0.5) is 42.0 Å². The summed E-state index contributed by atoms with van der Waals surface area (Å²) in [6.07, 6.45) is 11.5. The lowest BCUT2D eigenvalue weighted by atomic mass is 9.57. The number of hydrogen-bond donors (Lipinski definition) is 3. The minimum absolute atomic E-state index is 0.0428. The molecule has 4 aliphatic heterocycles. The van der Waals surface area contributed by atoms with E-state index in [1.165, 1.54) is 39.3 Å². The summed E-state index contributed by atoms with van der Waals surface area (Å²) in [7, 11) is 2.82. The summed E-state index contributed by atoms with van der Waals surface area (Å²) in [5.41, 5.74) is 2.65. The largest absolute Gasteiger partial charge is 0.495 e. The number of imide groups is 1. The molecule has 3 aromatic rings. The lowest BCUT2D eigenvalue weighted by Crippen LogP contribution is -2.51. The number of nitrogens with zero attached hydrogens (tertiary/aromatic N) is 6. The van der Waals surface area contributed by atoms with Gasteiger partial charge in [0.25, 0.3) is 11.8 Å². The second-order valence-electron chi connectivity index (χ2n) is 18.6. The number of carbonyl (C=O) groups excluding carboxylic acids is 4. The Morgan fingerprint density at radius 2 is 1.70 bits per heavy atom. The Hall–Kier alpha value is -5.45. The molecule has 9 rings (SSSR count). The van der Waals surface area contributed by atoms with E-state index in [1.54, 1.807) is 29.2 Å². The maximum absolute atomic E-state index is 15.3. The van der Waals surface area contributed by atoms with Crippen molar-refractivity contribution < 1.29 is 37.1 Å². The maximum atomic E-state index is 15.3. The number of amides is 4. The molecule has 6 aliphatic rings. The third-order valence-corrected chi connectivity index (χ3v) is 14.5. The van der Waals surface area contributed by atoms with Crippen molar-refractivity contribution in [3.8, 4) is 5.75 Å². The summed E-state index contributed by atoms with van der Waals surface area (Å²) >= 11 is 0. The molecule has 2 aromatic carbocycles. The number of anilines is 5. The van der Waals surface area contributed by atoms with Gasteiger partial charge in [-0.25, -0.2) is 9.37 Å². The number of fused-ring (bicyclic) bond motifs is 1. The van der Waals surface area contributed by atoms with Gasteiger partial charge in [-0.3, -0.25) is 24.5 Å². The number of methoxy groups -OCH3 is 1. The smallest absolute Gasteiger partial charge is 0.342 e. The third kappa shape index (κ3) is 8.77. The molecule has 1 atom stereocenters. The predicted molar refractivity (Wildman–Crippen MR) is 231 cm³/mol. The molecule has 1 aromatic heterocycles. The van der Waals surface area contributed by atoms with Crippen LogP contribution in [0.25, 0.3) is 0 Å². The molecule has 0 radical (unpaired) electrons. The van der Waals surface area contributed by atoms with Gasteiger partial charge in [-0.2, -0.15) is 13.8 Å². The van der Waals surface area contributed by atoms with Crippen LogP contribution in [-0.4, -0.2) is 110 Å². The van der Waals surface area contributed by atoms with Gasteiger partial charge in [0.2, 0.25) is 17.8 Å². The van der Waals surface area contributed by atoms with Crippen molar-refractivity contribution in [2.24, 2.45) is 11.3 Å². The summed E-state index contributed by atoms with van der Waals surface area (Å²) in [4.78, 5) is 66.1. The van der Waals surface area contributed by atoms with Crippen LogP contribution < -0.4 is 35.4 Å². The molecule has 5 heterocycles. The third-order valence-electron chi connectivity index (χ3n) is 14.5. The van der Waals surface area contributed by atoms with E-state index in [-0.39, 0.29) is 59.5 Å². The fourth-order valence-electron chi connectivity index (χ4n) is 11.0. The van der Waals surface area contributed by atoms with Crippen molar-refractivity contribution in [3.63, 3.8) is 0 Å². The minimum Gasteiger partial charge on any atom is -0.495 e. The number of nitrogens with one attached hydrogen (secondary N) is 3. The first-order valence-electron chi connectivity index (χ1n) is 22.4. The highest BCUT2D eigenvalue weighted by Crippen LogP contribution is 2.53. The number of ether oxygens (including phenoxy) is 1. The monoisotopic (exact) mass is 871 g/mol. The van der Waals surface area contributed by atoms with Crippen molar-refractivity contribution in [1.29, 1.82) is 0 Å². The molecule has 17 heteroatoms. The number of alkyl halides is 2. The van der Waals surface area contributed by atoms with Gasteiger partial charge in [0, 0.05) is 63.8 Å². The van der Waals surface area contributed by atoms with Gasteiger partial charge in [-0.15, -0.1) is 0 Å². The van der Waals surface area contributed by atoms with Crippen molar-refractivity contribution in [2.75, 3.05) is 73.4 Å². The van der Waals surface area contributed by atoms with Crippen LogP contribution in [0.2, 0.25) is 0 Å². The second kappa shape index (κ2) is 17.3. The number of likely N-dealkylation sites (tertiary alicyclic amines) is 1. The Kier molecular flexibility index (Phi) is 11.7. The van der Waals surface area contributed by atoms with E-state index in [0.29, 0.717) is 46.0 Å². The predicted octanol–water partition coefficient (Wildman–Crippen LogP) is 6.14. The van der Waals surface area contributed by atoms with E-state index in [2.05, 4.69) is 35.7 Å². The second-order valence-corrected chi connectivity index (χ2v) is 18.6. The normalized spacial score (nSPS) is 23.3. The molecular weight excluding hydrogens is 816 g/mol. The molecule has 5 fully saturated rings. The Labute approximate surface area is 365 Å². The van der Waals surface area contributed by atoms with E-state index in [9.17, 15) is 19.2 Å². The molecule has 2 saturated carbocycles. The van der Waals surface area contributed by atoms with E-state index in [4.69, 9.17) is 4.74 Å². The molecule has 1 unspecified atom stereocenters. The van der Waals surface area contributed by atoms with Crippen LogP contribution in [0.5, 0.6) is 5.75 Å². The van der Waals surface area contributed by atoms with Gasteiger partial charge in [0.1, 0.15) is 17.3 Å². The van der Waals surface area contributed by atoms with Crippen LogP contribution in [0.1, 0.15) is 98.9 Å². The van der Waals surface area contributed by atoms with Crippen molar-refractivity contribution in [3.05, 3.63) is 59.5 Å². The van der Waals surface area contributed by atoms with Crippen LogP contribution in [-0.2, 0) is 14.4 Å². The first kappa shape index (κ1) is 42.8. The van der Waals surface area contributed by atoms with Crippen molar-refractivity contribution >= 4 is 52.5 Å². The summed E-state index contributed by atoms with van der Waals surface area (Å²) in [6, 6.07) is 10.0. The fraction of sp³-hybridized carbons (Fsp3) is 0.565. The average molecular weight is 872 g/mol. The van der Waals surface area contributed by atoms with Gasteiger partial charge >= 0.3 is 5.92 Å². The minimum atomic E-state index is -3.57.